The molecule has 11 heteroatoms. The molecular weight excluding hydrogens is 301 g/mol. The lowest BCUT2D eigenvalue weighted by Crippen LogP contribution is -2.26. The predicted molar refractivity (Wildman–Crippen MR) is 73.5 cm³/mol. The predicted octanol–water partition coefficient (Wildman–Crippen LogP) is 0.506. The van der Waals surface area contributed by atoms with Gasteiger partial charge in [-0.1, -0.05) is 0 Å². The zero-order valence-electron chi connectivity index (χ0n) is 11.0. The van der Waals surface area contributed by atoms with Crippen molar-refractivity contribution in [2.24, 2.45) is 27.2 Å². The smallest absolute Gasteiger partial charge is 0.370 e. The first-order valence-electron chi connectivity index (χ1n) is 5.77. The van der Waals surface area contributed by atoms with Gasteiger partial charge in [0.1, 0.15) is 12.7 Å². The van der Waals surface area contributed by atoms with Crippen LogP contribution in [0.4, 0.5) is 18.9 Å². The summed E-state index contributed by atoms with van der Waals surface area (Å²) in [6, 6.07) is 2.90. The van der Waals surface area contributed by atoms with Gasteiger partial charge in [-0.15, -0.1) is 0 Å². The van der Waals surface area contributed by atoms with E-state index >= 15 is 0 Å². The number of nitrogens with zero attached hydrogens (tertiary/aromatic N) is 5. The van der Waals surface area contributed by atoms with Crippen LogP contribution >= 0.6 is 0 Å². The van der Waals surface area contributed by atoms with E-state index in [1.807, 2.05) is 0 Å². The van der Waals surface area contributed by atoms with Crippen LogP contribution in [0.5, 0.6) is 0 Å². The van der Waals surface area contributed by atoms with Crippen molar-refractivity contribution in [3.05, 3.63) is 36.4 Å². The lowest BCUT2D eigenvalue weighted by molar-refractivity contribution is -0.137. The third-order valence-corrected chi connectivity index (χ3v) is 2.45. The molecule has 2 rings (SSSR count). The van der Waals surface area contributed by atoms with Gasteiger partial charge in [-0.2, -0.15) is 23.3 Å². The first kappa shape index (κ1) is 15.3. The summed E-state index contributed by atoms with van der Waals surface area (Å²) in [4.78, 5) is 11.0. The summed E-state index contributed by atoms with van der Waals surface area (Å²) < 4.78 is 39.7. The Labute approximate surface area is 122 Å². The Kier molecular flexibility index (Phi) is 3.97. The molecule has 8 nitrogen and oxygen atoms in total. The van der Waals surface area contributed by atoms with Crippen molar-refractivity contribution in [2.45, 2.75) is 6.18 Å². The van der Waals surface area contributed by atoms with E-state index in [0.29, 0.717) is 0 Å². The normalized spacial score (nSPS) is 12.2. The van der Waals surface area contributed by atoms with E-state index in [1.54, 1.807) is 0 Å². The fourth-order valence-corrected chi connectivity index (χ4v) is 1.60. The van der Waals surface area contributed by atoms with Gasteiger partial charge in [-0.25, -0.2) is 14.7 Å². The molecule has 0 bridgehead atoms. The molecule has 0 saturated carbocycles. The minimum Gasteiger partial charge on any atom is -0.370 e. The molecule has 6 N–H and O–H groups in total. The van der Waals surface area contributed by atoms with Gasteiger partial charge in [0.15, 0.2) is 5.96 Å². The summed E-state index contributed by atoms with van der Waals surface area (Å²) in [5.41, 5.74) is 15.0. The molecule has 0 spiro atoms. The molecule has 0 aliphatic carbocycles. The number of guanidine groups is 2. The Hall–Kier alpha value is -3.11. The lowest BCUT2D eigenvalue weighted by Gasteiger charge is -2.10. The van der Waals surface area contributed by atoms with Gasteiger partial charge in [0.05, 0.1) is 16.9 Å². The number of rotatable bonds is 2. The van der Waals surface area contributed by atoms with Crippen molar-refractivity contribution in [3.63, 3.8) is 0 Å². The minimum absolute atomic E-state index is 0.108. The summed E-state index contributed by atoms with van der Waals surface area (Å²) >= 11 is 0. The molecule has 22 heavy (non-hydrogen) atoms. The molecule has 0 aliphatic rings. The van der Waals surface area contributed by atoms with Crippen molar-refractivity contribution in [2.75, 3.05) is 0 Å². The maximum Gasteiger partial charge on any atom is 0.416 e. The maximum atomic E-state index is 12.8. The molecule has 1 heterocycles. The number of nitrogens with two attached hydrogens (primary N) is 3. The van der Waals surface area contributed by atoms with Gasteiger partial charge >= 0.3 is 6.18 Å². The average Bonchev–Trinajstić information content (AvgIpc) is 2.90. The Bertz CT molecular complexity index is 713. The van der Waals surface area contributed by atoms with E-state index in [0.717, 1.165) is 12.1 Å². The molecule has 116 valence electrons. The van der Waals surface area contributed by atoms with Crippen LogP contribution in [0.25, 0.3) is 5.69 Å². The van der Waals surface area contributed by atoms with Gasteiger partial charge in [0.25, 0.3) is 0 Å². The minimum atomic E-state index is -4.53. The van der Waals surface area contributed by atoms with Crippen molar-refractivity contribution in [1.82, 2.24) is 14.8 Å². The average molecular weight is 312 g/mol. The summed E-state index contributed by atoms with van der Waals surface area (Å²) in [6.45, 7) is 0. The maximum absolute atomic E-state index is 12.8. The standard InChI is InChI=1S/C11H11F3N8/c12-11(13,14)6-1-2-8(22-5-18-4-19-22)7(3-6)20-10(17)21-9(15)16/h1-5H,(H6,15,16,17,20,21). The van der Waals surface area contributed by atoms with Gasteiger partial charge < -0.3 is 17.2 Å². The highest BCUT2D eigenvalue weighted by Gasteiger charge is 2.31. The highest BCUT2D eigenvalue weighted by molar-refractivity contribution is 5.94. The molecular formula is C11H11F3N8. The van der Waals surface area contributed by atoms with Crippen LogP contribution in [0, 0.1) is 0 Å². The van der Waals surface area contributed by atoms with Crippen molar-refractivity contribution >= 4 is 17.6 Å². The number of aromatic nitrogens is 3. The Morgan fingerprint density at radius 3 is 2.45 bits per heavy atom. The second kappa shape index (κ2) is 5.71. The monoisotopic (exact) mass is 312 g/mol. The van der Waals surface area contributed by atoms with E-state index in [-0.39, 0.29) is 23.3 Å². The largest absolute Gasteiger partial charge is 0.416 e. The molecule has 0 fully saturated rings. The van der Waals surface area contributed by atoms with Crippen molar-refractivity contribution < 1.29 is 13.2 Å². The third-order valence-electron chi connectivity index (χ3n) is 2.45. The molecule has 0 unspecified atom stereocenters. The van der Waals surface area contributed by atoms with Crippen LogP contribution in [0.3, 0.4) is 0 Å². The zero-order valence-corrected chi connectivity index (χ0v) is 11.0. The molecule has 0 atom stereocenters. The Morgan fingerprint density at radius 1 is 1.18 bits per heavy atom. The number of hydrogen-bond donors (Lipinski definition) is 3. The summed E-state index contributed by atoms with van der Waals surface area (Å²) in [5.74, 6) is -0.753. The van der Waals surface area contributed by atoms with Crippen LogP contribution in [-0.2, 0) is 6.18 Å². The molecule has 1 aromatic heterocycles. The van der Waals surface area contributed by atoms with E-state index in [2.05, 4.69) is 20.1 Å². The quantitative estimate of drug-likeness (QED) is 0.548. The van der Waals surface area contributed by atoms with Crippen molar-refractivity contribution in [3.8, 4) is 5.69 Å². The summed E-state index contributed by atoms with van der Waals surface area (Å²) in [7, 11) is 0. The van der Waals surface area contributed by atoms with Crippen LogP contribution in [0.2, 0.25) is 0 Å². The van der Waals surface area contributed by atoms with Crippen LogP contribution in [0.1, 0.15) is 5.56 Å². The summed E-state index contributed by atoms with van der Waals surface area (Å²) in [6.07, 6.45) is -2.00. The topological polar surface area (TPSA) is 133 Å². The molecule has 0 radical (unpaired) electrons. The number of halogens is 3. The molecule has 2 aromatic rings. The van der Waals surface area contributed by atoms with Gasteiger partial charge in [-0.05, 0) is 18.2 Å². The third kappa shape index (κ3) is 3.50. The number of aliphatic imine (C=N–C) groups is 2. The molecule has 1 aromatic carbocycles. The molecule has 0 saturated heterocycles. The van der Waals surface area contributed by atoms with Gasteiger partial charge in [-0.3, -0.25) is 0 Å². The second-order valence-electron chi connectivity index (χ2n) is 4.05. The number of hydrogen-bond acceptors (Lipinski definition) is 3. The van der Waals surface area contributed by atoms with E-state index < -0.39 is 11.7 Å². The first-order chi connectivity index (χ1) is 10.3. The molecule has 0 amide bonds. The van der Waals surface area contributed by atoms with Crippen LogP contribution in [-0.4, -0.2) is 26.7 Å². The SMILES string of the molecule is NC(N)=NC(N)=Nc1cc(C(F)(F)F)ccc1-n1cncn1. The van der Waals surface area contributed by atoms with Gasteiger partial charge in [0.2, 0.25) is 5.96 Å². The summed E-state index contributed by atoms with van der Waals surface area (Å²) in [5, 5.41) is 3.84. The molecule has 0 aliphatic heterocycles. The first-order valence-corrected chi connectivity index (χ1v) is 5.77. The highest BCUT2D eigenvalue weighted by atomic mass is 19.4. The van der Waals surface area contributed by atoms with Gasteiger partial charge in [0, 0.05) is 0 Å². The second-order valence-corrected chi connectivity index (χ2v) is 4.05. The van der Waals surface area contributed by atoms with Crippen molar-refractivity contribution in [1.29, 1.82) is 0 Å². The Morgan fingerprint density at radius 2 is 1.91 bits per heavy atom. The lowest BCUT2D eigenvalue weighted by atomic mass is 10.1. The fourth-order valence-electron chi connectivity index (χ4n) is 1.60. The number of alkyl halides is 3. The van der Waals surface area contributed by atoms with Crippen LogP contribution in [0.15, 0.2) is 40.8 Å². The Balaban J connectivity index is 2.58. The zero-order chi connectivity index (χ0) is 16.3. The van der Waals surface area contributed by atoms with E-state index in [1.165, 1.54) is 23.4 Å². The van der Waals surface area contributed by atoms with E-state index in [4.69, 9.17) is 17.2 Å². The van der Waals surface area contributed by atoms with Crippen LogP contribution < -0.4 is 17.2 Å². The van der Waals surface area contributed by atoms with E-state index in [9.17, 15) is 13.2 Å². The highest BCUT2D eigenvalue weighted by Crippen LogP contribution is 2.34. The fraction of sp³-hybridized carbons (Fsp3) is 0.0909. The number of benzene rings is 1.